The molecule has 1 heterocycles. The zero-order valence-corrected chi connectivity index (χ0v) is 11.5. The summed E-state index contributed by atoms with van der Waals surface area (Å²) in [4.78, 5) is 12.1. The molecule has 3 rings (SSSR count). The summed E-state index contributed by atoms with van der Waals surface area (Å²) in [6, 6.07) is 9.18. The summed E-state index contributed by atoms with van der Waals surface area (Å²) < 4.78 is 15.9. The van der Waals surface area contributed by atoms with E-state index in [1.165, 1.54) is 7.11 Å². The molecule has 0 saturated carbocycles. The number of benzene rings is 2. The number of methoxy groups -OCH3 is 2. The van der Waals surface area contributed by atoms with Crippen LogP contribution in [-0.4, -0.2) is 14.2 Å². The molecule has 0 saturated heterocycles. The second-order valence-corrected chi connectivity index (χ2v) is 4.64. The number of rotatable bonds is 2. The fourth-order valence-corrected chi connectivity index (χ4v) is 2.37. The van der Waals surface area contributed by atoms with Gasteiger partial charge < -0.3 is 13.9 Å². The Morgan fingerprint density at radius 3 is 2.20 bits per heavy atom. The second-order valence-electron chi connectivity index (χ2n) is 4.64. The predicted molar refractivity (Wildman–Crippen MR) is 77.8 cm³/mol. The van der Waals surface area contributed by atoms with Gasteiger partial charge in [-0.1, -0.05) is 11.6 Å². The van der Waals surface area contributed by atoms with Crippen LogP contribution in [-0.2, 0) is 0 Å². The fourth-order valence-electron chi connectivity index (χ4n) is 2.37. The Morgan fingerprint density at radius 1 is 0.900 bits per heavy atom. The van der Waals surface area contributed by atoms with Gasteiger partial charge in [0.1, 0.15) is 5.58 Å². The summed E-state index contributed by atoms with van der Waals surface area (Å²) in [5.74, 6) is 1.10. The highest BCUT2D eigenvalue weighted by atomic mass is 16.5. The van der Waals surface area contributed by atoms with Crippen molar-refractivity contribution < 1.29 is 13.9 Å². The van der Waals surface area contributed by atoms with Crippen molar-refractivity contribution in [3.63, 3.8) is 0 Å². The maximum atomic E-state index is 12.1. The van der Waals surface area contributed by atoms with Crippen LogP contribution < -0.4 is 15.1 Å². The third-order valence-corrected chi connectivity index (χ3v) is 3.37. The number of ether oxygens (including phenoxy) is 2. The van der Waals surface area contributed by atoms with Crippen LogP contribution in [0.5, 0.6) is 11.5 Å². The van der Waals surface area contributed by atoms with Gasteiger partial charge in [-0.25, -0.2) is 4.79 Å². The first-order valence-electron chi connectivity index (χ1n) is 6.23. The topological polar surface area (TPSA) is 48.7 Å². The lowest BCUT2D eigenvalue weighted by Crippen LogP contribution is -2.01. The van der Waals surface area contributed by atoms with Crippen LogP contribution in [0.3, 0.4) is 0 Å². The van der Waals surface area contributed by atoms with Gasteiger partial charge in [-0.3, -0.25) is 0 Å². The fraction of sp³-hybridized carbons (Fsp3) is 0.188. The first-order chi connectivity index (χ1) is 9.63. The molecule has 0 fully saturated rings. The van der Waals surface area contributed by atoms with E-state index in [0.29, 0.717) is 22.5 Å². The molecule has 0 radical (unpaired) electrons. The summed E-state index contributed by atoms with van der Waals surface area (Å²) in [5, 5.41) is 2.18. The van der Waals surface area contributed by atoms with Crippen LogP contribution in [0.2, 0.25) is 0 Å². The van der Waals surface area contributed by atoms with E-state index in [1.54, 1.807) is 13.2 Å². The number of hydrogen-bond acceptors (Lipinski definition) is 4. The van der Waals surface area contributed by atoms with Gasteiger partial charge in [0.05, 0.1) is 19.6 Å². The Bertz CT molecular complexity index is 862. The first-order valence-corrected chi connectivity index (χ1v) is 6.23. The summed E-state index contributed by atoms with van der Waals surface area (Å²) in [6.07, 6.45) is 0. The normalized spacial score (nSPS) is 10.9. The molecule has 0 aliphatic heterocycles. The van der Waals surface area contributed by atoms with Gasteiger partial charge in [0.15, 0.2) is 11.5 Å². The molecule has 0 aliphatic carbocycles. The van der Waals surface area contributed by atoms with Crippen LogP contribution in [0.4, 0.5) is 0 Å². The van der Waals surface area contributed by atoms with E-state index in [-0.39, 0.29) is 5.63 Å². The molecule has 0 atom stereocenters. The molecular formula is C16H14O4. The molecule has 0 amide bonds. The summed E-state index contributed by atoms with van der Waals surface area (Å²) in [6.45, 7) is 2.00. The van der Waals surface area contributed by atoms with E-state index in [0.717, 1.165) is 16.3 Å². The van der Waals surface area contributed by atoms with Crippen LogP contribution in [0, 0.1) is 6.92 Å². The highest BCUT2D eigenvalue weighted by Gasteiger charge is 2.13. The molecule has 0 bridgehead atoms. The van der Waals surface area contributed by atoms with Gasteiger partial charge in [0.2, 0.25) is 0 Å². The minimum atomic E-state index is -0.377. The Hall–Kier alpha value is -2.49. The molecule has 0 N–H and O–H groups in total. The van der Waals surface area contributed by atoms with E-state index >= 15 is 0 Å². The van der Waals surface area contributed by atoms with E-state index in [2.05, 4.69) is 0 Å². The summed E-state index contributed by atoms with van der Waals surface area (Å²) >= 11 is 0. The Kier molecular flexibility index (Phi) is 2.86. The monoisotopic (exact) mass is 270 g/mol. The van der Waals surface area contributed by atoms with Crippen LogP contribution >= 0.6 is 0 Å². The van der Waals surface area contributed by atoms with Crippen molar-refractivity contribution in [3.05, 3.63) is 46.3 Å². The number of aryl methyl sites for hydroxylation is 1. The molecule has 20 heavy (non-hydrogen) atoms. The van der Waals surface area contributed by atoms with Crippen molar-refractivity contribution in [3.8, 4) is 11.5 Å². The van der Waals surface area contributed by atoms with Gasteiger partial charge in [-0.2, -0.15) is 0 Å². The molecule has 3 aromatic rings. The van der Waals surface area contributed by atoms with Crippen LogP contribution in [0.15, 0.2) is 39.5 Å². The zero-order chi connectivity index (χ0) is 14.3. The molecule has 102 valence electrons. The third-order valence-electron chi connectivity index (χ3n) is 3.37. The molecule has 0 spiro atoms. The van der Waals surface area contributed by atoms with Crippen LogP contribution in [0.25, 0.3) is 21.7 Å². The molecule has 0 aliphatic rings. The minimum absolute atomic E-state index is 0.377. The van der Waals surface area contributed by atoms with Crippen molar-refractivity contribution in [2.24, 2.45) is 0 Å². The Morgan fingerprint density at radius 2 is 1.55 bits per heavy atom. The molecule has 1 aromatic heterocycles. The molecular weight excluding hydrogens is 256 g/mol. The summed E-state index contributed by atoms with van der Waals surface area (Å²) in [5.41, 5.74) is 1.29. The van der Waals surface area contributed by atoms with Gasteiger partial charge >= 0.3 is 5.63 Å². The van der Waals surface area contributed by atoms with E-state index in [4.69, 9.17) is 13.9 Å². The van der Waals surface area contributed by atoms with Gasteiger partial charge in [-0.05, 0) is 31.2 Å². The lowest BCUT2D eigenvalue weighted by Gasteiger charge is -2.10. The lowest BCUT2D eigenvalue weighted by atomic mass is 10.0. The summed E-state index contributed by atoms with van der Waals surface area (Å²) in [7, 11) is 3.11. The van der Waals surface area contributed by atoms with Crippen molar-refractivity contribution in [2.75, 3.05) is 14.2 Å². The van der Waals surface area contributed by atoms with Crippen molar-refractivity contribution in [1.29, 1.82) is 0 Å². The van der Waals surface area contributed by atoms with Crippen molar-refractivity contribution in [2.45, 2.75) is 6.92 Å². The SMILES string of the molecule is COc1cc2c(=O)oc3ccc(C)cc3c2cc1OC. The minimum Gasteiger partial charge on any atom is -0.493 e. The van der Waals surface area contributed by atoms with Crippen molar-refractivity contribution >= 4 is 21.7 Å². The average molecular weight is 270 g/mol. The predicted octanol–water partition coefficient (Wildman–Crippen LogP) is 3.27. The standard InChI is InChI=1S/C16H14O4/c1-9-4-5-13-11(6-9)10-7-14(18-2)15(19-3)8-12(10)16(17)20-13/h4-8H,1-3H3. The largest absolute Gasteiger partial charge is 0.493 e. The van der Waals surface area contributed by atoms with E-state index < -0.39 is 0 Å². The van der Waals surface area contributed by atoms with Crippen molar-refractivity contribution in [1.82, 2.24) is 0 Å². The van der Waals surface area contributed by atoms with Crippen LogP contribution in [0.1, 0.15) is 5.56 Å². The molecule has 4 heteroatoms. The van der Waals surface area contributed by atoms with Gasteiger partial charge in [0.25, 0.3) is 0 Å². The molecule has 4 nitrogen and oxygen atoms in total. The zero-order valence-electron chi connectivity index (χ0n) is 11.5. The molecule has 0 unspecified atom stereocenters. The van der Waals surface area contributed by atoms with Gasteiger partial charge in [0, 0.05) is 10.8 Å². The third kappa shape index (κ3) is 1.81. The highest BCUT2D eigenvalue weighted by Crippen LogP contribution is 2.34. The van der Waals surface area contributed by atoms with Gasteiger partial charge in [-0.15, -0.1) is 0 Å². The quantitative estimate of drug-likeness (QED) is 0.529. The Balaban J connectivity index is 2.53. The van der Waals surface area contributed by atoms with E-state index in [9.17, 15) is 4.79 Å². The number of hydrogen-bond donors (Lipinski definition) is 0. The number of fused-ring (bicyclic) bond motifs is 3. The Labute approximate surface area is 115 Å². The maximum Gasteiger partial charge on any atom is 0.344 e. The van der Waals surface area contributed by atoms with E-state index in [1.807, 2.05) is 31.2 Å². The maximum absolute atomic E-state index is 12.1. The first kappa shape index (κ1) is 12.5. The average Bonchev–Trinajstić information content (AvgIpc) is 2.47. The lowest BCUT2D eigenvalue weighted by molar-refractivity contribution is 0.355. The second kappa shape index (κ2) is 4.56. The smallest absolute Gasteiger partial charge is 0.344 e. The molecule has 2 aromatic carbocycles. The highest BCUT2D eigenvalue weighted by molar-refractivity contribution is 6.05.